The van der Waals surface area contributed by atoms with E-state index in [1.807, 2.05) is 48.7 Å². The van der Waals surface area contributed by atoms with Gasteiger partial charge in [0.25, 0.3) is 5.91 Å². The number of carbonyl (C=O) groups excluding carboxylic acids is 2. The summed E-state index contributed by atoms with van der Waals surface area (Å²) in [6.45, 7) is 3.27. The summed E-state index contributed by atoms with van der Waals surface area (Å²) in [6, 6.07) is 11.5. The Balaban J connectivity index is 2.38. The maximum Gasteiger partial charge on any atom is 0.349 e. The summed E-state index contributed by atoms with van der Waals surface area (Å²) in [4.78, 5) is 22.6. The van der Waals surface area contributed by atoms with E-state index in [0.29, 0.717) is 5.56 Å². The van der Waals surface area contributed by atoms with Crippen LogP contribution < -0.4 is 5.73 Å². The highest BCUT2D eigenvalue weighted by atomic mass is 79.9. The van der Waals surface area contributed by atoms with Crippen molar-refractivity contribution in [2.75, 3.05) is 6.61 Å². The Kier molecular flexibility index (Phi) is 5.78. The predicted octanol–water partition coefficient (Wildman–Crippen LogP) is 2.79. The minimum Gasteiger partial charge on any atom is -0.451 e. The van der Waals surface area contributed by atoms with Crippen LogP contribution in [0.25, 0.3) is 11.8 Å². The van der Waals surface area contributed by atoms with Crippen LogP contribution in [0.4, 0.5) is 0 Å². The number of nitrogens with two attached hydrogens (primary N) is 1. The van der Waals surface area contributed by atoms with E-state index in [-0.39, 0.29) is 5.57 Å². The molecule has 25 heavy (non-hydrogen) atoms. The molecule has 0 saturated heterocycles. The summed E-state index contributed by atoms with van der Waals surface area (Å²) >= 11 is 3.40. The molecule has 1 aromatic heterocycles. The summed E-state index contributed by atoms with van der Waals surface area (Å²) in [7, 11) is 0. The van der Waals surface area contributed by atoms with Crippen LogP contribution in [-0.4, -0.2) is 23.1 Å². The number of hydrogen-bond donors (Lipinski definition) is 1. The van der Waals surface area contributed by atoms with Gasteiger partial charge < -0.3 is 15.0 Å². The molecular formula is C18H16BrN3O3. The molecule has 0 bridgehead atoms. The number of nitriles is 1. The van der Waals surface area contributed by atoms with Crippen molar-refractivity contribution in [2.24, 2.45) is 5.73 Å². The molecule has 1 heterocycles. The van der Waals surface area contributed by atoms with E-state index in [1.54, 1.807) is 6.07 Å². The molecule has 0 unspecified atom stereocenters. The second-order valence-corrected chi connectivity index (χ2v) is 6.27. The average molecular weight is 402 g/mol. The fourth-order valence-corrected chi connectivity index (χ4v) is 2.69. The standard InChI is InChI=1S/C18H16BrN3O3/c1-11-7-13(8-14(9-20)18(24)25-10-17(21)23)12(2)22(11)16-5-3-15(19)4-6-16/h3-8H,10H2,1-2H3,(H2,21,23)/b14-8+. The Hall–Kier alpha value is -2.85. The van der Waals surface area contributed by atoms with Crippen LogP contribution in [0.1, 0.15) is 17.0 Å². The SMILES string of the molecule is Cc1cc(/C=C(\C#N)C(=O)OCC(N)=O)c(C)n1-c1ccc(Br)cc1. The lowest BCUT2D eigenvalue weighted by Crippen LogP contribution is -2.21. The van der Waals surface area contributed by atoms with Crippen LogP contribution in [0.3, 0.4) is 0 Å². The molecule has 0 aliphatic heterocycles. The Morgan fingerprint density at radius 3 is 2.52 bits per heavy atom. The van der Waals surface area contributed by atoms with Crippen LogP contribution in [0.2, 0.25) is 0 Å². The quantitative estimate of drug-likeness (QED) is 0.472. The summed E-state index contributed by atoms with van der Waals surface area (Å²) in [5.74, 6) is -1.66. The number of amides is 1. The largest absolute Gasteiger partial charge is 0.451 e. The number of ether oxygens (including phenoxy) is 1. The smallest absolute Gasteiger partial charge is 0.349 e. The second kappa shape index (κ2) is 7.81. The average Bonchev–Trinajstić information content (AvgIpc) is 2.85. The molecule has 0 aliphatic rings. The highest BCUT2D eigenvalue weighted by Gasteiger charge is 2.15. The zero-order chi connectivity index (χ0) is 18.6. The van der Waals surface area contributed by atoms with Crippen molar-refractivity contribution < 1.29 is 14.3 Å². The molecule has 1 aromatic carbocycles. The van der Waals surface area contributed by atoms with Crippen molar-refractivity contribution in [2.45, 2.75) is 13.8 Å². The van der Waals surface area contributed by atoms with Gasteiger partial charge in [0.15, 0.2) is 6.61 Å². The monoisotopic (exact) mass is 401 g/mol. The molecule has 2 N–H and O–H groups in total. The second-order valence-electron chi connectivity index (χ2n) is 5.35. The predicted molar refractivity (Wildman–Crippen MR) is 96.7 cm³/mol. The fourth-order valence-electron chi connectivity index (χ4n) is 2.43. The first-order valence-electron chi connectivity index (χ1n) is 7.35. The number of primary amides is 1. The third kappa shape index (κ3) is 4.37. The molecule has 2 rings (SSSR count). The van der Waals surface area contributed by atoms with Crippen LogP contribution >= 0.6 is 15.9 Å². The number of halogens is 1. The number of aromatic nitrogens is 1. The van der Waals surface area contributed by atoms with Gasteiger partial charge in [-0.05, 0) is 55.8 Å². The third-order valence-electron chi connectivity index (χ3n) is 3.54. The zero-order valence-corrected chi connectivity index (χ0v) is 15.3. The van der Waals surface area contributed by atoms with Gasteiger partial charge in [-0.25, -0.2) is 4.79 Å². The fraction of sp³-hybridized carbons (Fsp3) is 0.167. The molecule has 0 aliphatic carbocycles. The van der Waals surface area contributed by atoms with E-state index in [1.165, 1.54) is 6.08 Å². The minimum absolute atomic E-state index is 0.197. The Morgan fingerprint density at radius 2 is 1.96 bits per heavy atom. The van der Waals surface area contributed by atoms with E-state index in [4.69, 9.17) is 5.73 Å². The minimum atomic E-state index is -0.880. The number of hydrogen-bond acceptors (Lipinski definition) is 4. The van der Waals surface area contributed by atoms with Crippen molar-refractivity contribution >= 4 is 33.9 Å². The molecule has 0 saturated carbocycles. The highest BCUT2D eigenvalue weighted by molar-refractivity contribution is 9.10. The van der Waals surface area contributed by atoms with Crippen molar-refractivity contribution in [1.82, 2.24) is 4.57 Å². The first-order valence-corrected chi connectivity index (χ1v) is 8.15. The van der Waals surface area contributed by atoms with Gasteiger partial charge in [-0.1, -0.05) is 15.9 Å². The number of esters is 1. The third-order valence-corrected chi connectivity index (χ3v) is 4.07. The Bertz CT molecular complexity index is 890. The first-order chi connectivity index (χ1) is 11.8. The number of aryl methyl sites for hydroxylation is 1. The highest BCUT2D eigenvalue weighted by Crippen LogP contribution is 2.24. The van der Waals surface area contributed by atoms with E-state index in [9.17, 15) is 14.9 Å². The molecule has 0 atom stereocenters. The van der Waals surface area contributed by atoms with E-state index < -0.39 is 18.5 Å². The zero-order valence-electron chi connectivity index (χ0n) is 13.7. The maximum absolute atomic E-state index is 11.9. The number of nitrogens with zero attached hydrogens (tertiary/aromatic N) is 2. The summed E-state index contributed by atoms with van der Waals surface area (Å²) < 4.78 is 7.68. The lowest BCUT2D eigenvalue weighted by molar-refractivity contribution is -0.143. The van der Waals surface area contributed by atoms with Crippen LogP contribution in [0, 0.1) is 25.2 Å². The Labute approximate surface area is 153 Å². The van der Waals surface area contributed by atoms with Gasteiger partial charge in [-0.3, -0.25) is 4.79 Å². The Morgan fingerprint density at radius 1 is 1.32 bits per heavy atom. The van der Waals surface area contributed by atoms with Crippen LogP contribution in [-0.2, 0) is 14.3 Å². The van der Waals surface area contributed by atoms with Gasteiger partial charge in [0.2, 0.25) is 0 Å². The molecule has 128 valence electrons. The van der Waals surface area contributed by atoms with Crippen LogP contribution in [0.15, 0.2) is 40.4 Å². The lowest BCUT2D eigenvalue weighted by atomic mass is 10.1. The van der Waals surface area contributed by atoms with Crippen molar-refractivity contribution in [1.29, 1.82) is 5.26 Å². The number of benzene rings is 1. The molecule has 7 heteroatoms. The normalized spacial score (nSPS) is 11.0. The van der Waals surface area contributed by atoms with E-state index in [0.717, 1.165) is 21.5 Å². The van der Waals surface area contributed by atoms with Gasteiger partial charge in [0.1, 0.15) is 11.6 Å². The van der Waals surface area contributed by atoms with Crippen molar-refractivity contribution in [3.8, 4) is 11.8 Å². The van der Waals surface area contributed by atoms with Crippen molar-refractivity contribution in [3.05, 3.63) is 57.3 Å². The molecule has 0 fully saturated rings. The molecule has 0 radical (unpaired) electrons. The van der Waals surface area contributed by atoms with Gasteiger partial charge in [0.05, 0.1) is 0 Å². The summed E-state index contributed by atoms with van der Waals surface area (Å²) in [5.41, 5.74) is 8.24. The summed E-state index contributed by atoms with van der Waals surface area (Å²) in [5, 5.41) is 9.19. The van der Waals surface area contributed by atoms with Gasteiger partial charge in [-0.2, -0.15) is 5.26 Å². The topological polar surface area (TPSA) is 98.1 Å². The lowest BCUT2D eigenvalue weighted by Gasteiger charge is -2.09. The number of carbonyl (C=O) groups is 2. The van der Waals surface area contributed by atoms with E-state index >= 15 is 0 Å². The molecular weight excluding hydrogens is 386 g/mol. The maximum atomic E-state index is 11.9. The number of rotatable bonds is 5. The van der Waals surface area contributed by atoms with Gasteiger partial charge in [0, 0.05) is 21.5 Å². The van der Waals surface area contributed by atoms with Gasteiger partial charge >= 0.3 is 5.97 Å². The molecule has 0 spiro atoms. The van der Waals surface area contributed by atoms with Crippen molar-refractivity contribution in [3.63, 3.8) is 0 Å². The van der Waals surface area contributed by atoms with Crippen LogP contribution in [0.5, 0.6) is 0 Å². The first kappa shape index (κ1) is 18.5. The van der Waals surface area contributed by atoms with E-state index in [2.05, 4.69) is 20.7 Å². The summed E-state index contributed by atoms with van der Waals surface area (Å²) in [6.07, 6.45) is 1.45. The molecule has 2 aromatic rings. The molecule has 1 amide bonds. The van der Waals surface area contributed by atoms with Gasteiger partial charge in [-0.15, -0.1) is 0 Å². The molecule has 6 nitrogen and oxygen atoms in total.